The van der Waals surface area contributed by atoms with Crippen LogP contribution in [0.1, 0.15) is 29.9 Å². The van der Waals surface area contributed by atoms with Crippen molar-refractivity contribution in [2.24, 2.45) is 4.99 Å². The van der Waals surface area contributed by atoms with E-state index in [0.717, 1.165) is 15.6 Å². The van der Waals surface area contributed by atoms with Gasteiger partial charge in [0.15, 0.2) is 4.80 Å². The first-order valence-corrected chi connectivity index (χ1v) is 13.5. The molecule has 0 spiro atoms. The van der Waals surface area contributed by atoms with Crippen molar-refractivity contribution in [2.75, 3.05) is 14.2 Å². The van der Waals surface area contributed by atoms with E-state index in [9.17, 15) is 9.59 Å². The predicted octanol–water partition coefficient (Wildman–Crippen LogP) is 5.40. The second-order valence-electron chi connectivity index (χ2n) is 8.64. The molecule has 7 nitrogen and oxygen atoms in total. The summed E-state index contributed by atoms with van der Waals surface area (Å²) in [5, 5.41) is 0.437. The summed E-state index contributed by atoms with van der Waals surface area (Å²) in [5.74, 6) is 1.07. The van der Waals surface area contributed by atoms with E-state index in [4.69, 9.17) is 25.5 Å². The average molecular weight is 614 g/mol. The number of rotatable bonds is 5. The molecule has 3 heterocycles. The van der Waals surface area contributed by atoms with Gasteiger partial charge in [0, 0.05) is 26.7 Å². The SMILES string of the molecule is COC(=O)C1=C(C)N=c2s/c(=C\c3ccc(-c4ccc(C)cc4Br)o3)c(=O)n2[C@@H]1c1cc(Cl)ccc1OC. The fraction of sp³-hybridized carbons (Fsp3) is 0.179. The molecule has 0 saturated heterocycles. The van der Waals surface area contributed by atoms with Crippen LogP contribution in [-0.4, -0.2) is 24.8 Å². The number of benzene rings is 2. The molecule has 2 aromatic heterocycles. The first-order chi connectivity index (χ1) is 18.2. The van der Waals surface area contributed by atoms with Gasteiger partial charge in [0.1, 0.15) is 23.3 Å². The van der Waals surface area contributed by atoms with Gasteiger partial charge in [0.05, 0.1) is 30.0 Å². The fourth-order valence-electron chi connectivity index (χ4n) is 4.43. The number of methoxy groups -OCH3 is 2. The number of carbonyl (C=O) groups is 1. The van der Waals surface area contributed by atoms with Crippen LogP contribution in [-0.2, 0) is 9.53 Å². The number of hydrogen-bond donors (Lipinski definition) is 0. The Morgan fingerprint density at radius 3 is 2.66 bits per heavy atom. The summed E-state index contributed by atoms with van der Waals surface area (Å²) in [6.07, 6.45) is 1.68. The zero-order valence-corrected chi connectivity index (χ0v) is 24.0. The fourth-order valence-corrected chi connectivity index (χ4v) is 6.33. The molecule has 2 aromatic carbocycles. The molecule has 1 aliphatic heterocycles. The Morgan fingerprint density at radius 1 is 1.16 bits per heavy atom. The topological polar surface area (TPSA) is 83.0 Å². The van der Waals surface area contributed by atoms with Crippen molar-refractivity contribution in [1.82, 2.24) is 4.57 Å². The van der Waals surface area contributed by atoms with Crippen molar-refractivity contribution in [3.05, 3.63) is 106 Å². The van der Waals surface area contributed by atoms with Gasteiger partial charge in [0.25, 0.3) is 5.56 Å². The molecule has 4 aromatic rings. The predicted molar refractivity (Wildman–Crippen MR) is 150 cm³/mol. The Balaban J connectivity index is 1.68. The molecule has 0 fully saturated rings. The van der Waals surface area contributed by atoms with E-state index in [1.54, 1.807) is 31.2 Å². The minimum atomic E-state index is -0.842. The Labute approximate surface area is 235 Å². The number of furan rings is 1. The van der Waals surface area contributed by atoms with Crippen LogP contribution in [0.15, 0.2) is 78.5 Å². The first-order valence-electron chi connectivity index (χ1n) is 11.5. The molecule has 0 bridgehead atoms. The Morgan fingerprint density at radius 2 is 1.95 bits per heavy atom. The van der Waals surface area contributed by atoms with Gasteiger partial charge >= 0.3 is 5.97 Å². The van der Waals surface area contributed by atoms with E-state index in [0.29, 0.717) is 42.9 Å². The number of aromatic nitrogens is 1. The lowest BCUT2D eigenvalue weighted by molar-refractivity contribution is -0.136. The standard InChI is InChI=1S/C28H22BrClN2O5S/c1-14-5-8-18(20(29)11-14)22-10-7-17(37-22)13-23-26(33)32-25(19-12-16(30)6-9-21(19)35-3)24(27(34)36-4)15(2)31-28(32)38-23/h5-13,25H,1-4H3/b23-13-/t25-/m1/s1. The number of hydrogen-bond acceptors (Lipinski definition) is 7. The highest BCUT2D eigenvalue weighted by Crippen LogP contribution is 2.37. The van der Waals surface area contributed by atoms with Gasteiger partial charge in [-0.05, 0) is 61.9 Å². The van der Waals surface area contributed by atoms with Gasteiger partial charge in [0.2, 0.25) is 0 Å². The number of nitrogens with zero attached hydrogens (tertiary/aromatic N) is 2. The quantitative estimate of drug-likeness (QED) is 0.282. The van der Waals surface area contributed by atoms with Gasteiger partial charge < -0.3 is 13.9 Å². The normalized spacial score (nSPS) is 15.3. The number of halogens is 2. The number of esters is 1. The zero-order chi connectivity index (χ0) is 27.1. The van der Waals surface area contributed by atoms with Crippen molar-refractivity contribution in [2.45, 2.75) is 19.9 Å². The molecule has 5 rings (SSSR count). The van der Waals surface area contributed by atoms with Crippen LogP contribution in [0.25, 0.3) is 17.4 Å². The van der Waals surface area contributed by atoms with Gasteiger partial charge in [-0.2, -0.15) is 0 Å². The highest BCUT2D eigenvalue weighted by Gasteiger charge is 2.35. The van der Waals surface area contributed by atoms with Gasteiger partial charge in [-0.25, -0.2) is 9.79 Å². The third-order valence-electron chi connectivity index (χ3n) is 6.20. The minimum absolute atomic E-state index is 0.233. The van der Waals surface area contributed by atoms with Crippen LogP contribution in [0, 0.1) is 6.92 Å². The van der Waals surface area contributed by atoms with E-state index >= 15 is 0 Å². The average Bonchev–Trinajstić information content (AvgIpc) is 3.47. The summed E-state index contributed by atoms with van der Waals surface area (Å²) in [6, 6.07) is 13.9. The number of thiazole rings is 1. The Hall–Kier alpha value is -3.40. The number of carbonyl (C=O) groups excluding carboxylic acids is 1. The lowest BCUT2D eigenvalue weighted by Crippen LogP contribution is -2.40. The molecule has 10 heteroatoms. The minimum Gasteiger partial charge on any atom is -0.496 e. The number of fused-ring (bicyclic) bond motifs is 1. The van der Waals surface area contributed by atoms with Crippen molar-refractivity contribution in [1.29, 1.82) is 0 Å². The highest BCUT2D eigenvalue weighted by atomic mass is 79.9. The summed E-state index contributed by atoms with van der Waals surface area (Å²) in [4.78, 5) is 31.7. The molecule has 1 atom stereocenters. The van der Waals surface area contributed by atoms with Crippen molar-refractivity contribution >= 4 is 50.9 Å². The van der Waals surface area contributed by atoms with Crippen molar-refractivity contribution in [3.63, 3.8) is 0 Å². The van der Waals surface area contributed by atoms with E-state index in [-0.39, 0.29) is 11.1 Å². The molecule has 0 saturated carbocycles. The van der Waals surface area contributed by atoms with Gasteiger partial charge in [-0.15, -0.1) is 0 Å². The second-order valence-corrected chi connectivity index (χ2v) is 10.9. The van der Waals surface area contributed by atoms with Gasteiger partial charge in [-0.3, -0.25) is 9.36 Å². The summed E-state index contributed by atoms with van der Waals surface area (Å²) in [6.45, 7) is 3.73. The lowest BCUT2D eigenvalue weighted by atomic mass is 9.95. The van der Waals surface area contributed by atoms with Crippen LogP contribution in [0.2, 0.25) is 5.02 Å². The number of ether oxygens (including phenoxy) is 2. The van der Waals surface area contributed by atoms with Crippen LogP contribution < -0.4 is 19.6 Å². The number of aryl methyl sites for hydroxylation is 1. The van der Waals surface area contributed by atoms with E-state index in [1.807, 2.05) is 37.3 Å². The third-order valence-corrected chi connectivity index (χ3v) is 8.08. The van der Waals surface area contributed by atoms with E-state index < -0.39 is 12.0 Å². The van der Waals surface area contributed by atoms with Crippen LogP contribution in [0.5, 0.6) is 5.75 Å². The maximum absolute atomic E-state index is 13.8. The zero-order valence-electron chi connectivity index (χ0n) is 20.9. The van der Waals surface area contributed by atoms with Gasteiger partial charge in [-0.1, -0.05) is 44.9 Å². The van der Waals surface area contributed by atoms with E-state index in [1.165, 1.54) is 30.1 Å². The van der Waals surface area contributed by atoms with Crippen molar-refractivity contribution < 1.29 is 18.7 Å². The smallest absolute Gasteiger partial charge is 0.338 e. The van der Waals surface area contributed by atoms with E-state index in [2.05, 4.69) is 20.9 Å². The molecule has 1 aliphatic rings. The first kappa shape index (κ1) is 26.2. The molecule has 0 N–H and O–H groups in total. The maximum atomic E-state index is 13.8. The van der Waals surface area contributed by atoms with Crippen LogP contribution >= 0.6 is 38.9 Å². The van der Waals surface area contributed by atoms with Crippen LogP contribution in [0.3, 0.4) is 0 Å². The summed E-state index contributed by atoms with van der Waals surface area (Å²) in [7, 11) is 2.81. The van der Waals surface area contributed by atoms with Crippen LogP contribution in [0.4, 0.5) is 0 Å². The second kappa shape index (κ2) is 10.4. The largest absolute Gasteiger partial charge is 0.496 e. The molecule has 0 amide bonds. The number of allylic oxidation sites excluding steroid dienone is 1. The lowest BCUT2D eigenvalue weighted by Gasteiger charge is -2.25. The molecule has 0 aliphatic carbocycles. The Kier molecular flexibility index (Phi) is 7.17. The molecule has 38 heavy (non-hydrogen) atoms. The summed E-state index contributed by atoms with van der Waals surface area (Å²) >= 11 is 11.1. The Bertz CT molecular complexity index is 1800. The molecular formula is C28H22BrClN2O5S. The molecule has 0 unspecified atom stereocenters. The molecule has 0 radical (unpaired) electrons. The molecule has 194 valence electrons. The summed E-state index contributed by atoms with van der Waals surface area (Å²) in [5.41, 5.74) is 2.93. The highest BCUT2D eigenvalue weighted by molar-refractivity contribution is 9.10. The van der Waals surface area contributed by atoms with Crippen molar-refractivity contribution in [3.8, 4) is 17.1 Å². The maximum Gasteiger partial charge on any atom is 0.338 e. The monoisotopic (exact) mass is 612 g/mol. The summed E-state index contributed by atoms with van der Waals surface area (Å²) < 4.78 is 19.5. The molecular weight excluding hydrogens is 592 g/mol. The third kappa shape index (κ3) is 4.66.